The molecule has 51 heavy (non-hydrogen) atoms. The lowest BCUT2D eigenvalue weighted by atomic mass is 9.91. The lowest BCUT2D eigenvalue weighted by Crippen LogP contribution is -2.45. The van der Waals surface area contributed by atoms with Crippen LogP contribution in [0.15, 0.2) is 126 Å². The van der Waals surface area contributed by atoms with E-state index in [1.807, 2.05) is 91.5 Å². The standard InChI is InChI=1S/C39H42N4O6S2/c1-26-9-19-33(20-10-26)51(46,47)42-34(23-28-7-5-4-6-8-28)37(45)41-32-17-15-31(16-18-32)38-48-35(25-50-39-40-21-22-43(39)3)27(2)36(49-38)30-13-11-29(24-44)12-14-30/h4-22,27,34-36,38,42,44H,23-25H2,1-3H3,(H,41,45)/t27-,34+,35+,36+,38+/m0/s1. The van der Waals surface area contributed by atoms with Crippen molar-refractivity contribution in [2.75, 3.05) is 11.1 Å². The highest BCUT2D eigenvalue weighted by Gasteiger charge is 2.38. The van der Waals surface area contributed by atoms with Crippen molar-refractivity contribution in [2.45, 2.75) is 61.5 Å². The summed E-state index contributed by atoms with van der Waals surface area (Å²) in [6.07, 6.45) is 2.71. The van der Waals surface area contributed by atoms with Crippen LogP contribution in [0.25, 0.3) is 0 Å². The molecule has 12 heteroatoms. The number of ether oxygens (including phenoxy) is 2. The first-order valence-corrected chi connectivity index (χ1v) is 19.2. The van der Waals surface area contributed by atoms with Crippen LogP contribution in [0.3, 0.4) is 0 Å². The summed E-state index contributed by atoms with van der Waals surface area (Å²) in [5, 5.41) is 13.4. The zero-order valence-electron chi connectivity index (χ0n) is 28.7. The summed E-state index contributed by atoms with van der Waals surface area (Å²) in [7, 11) is -2.02. The third kappa shape index (κ3) is 9.14. The average molecular weight is 727 g/mol. The van der Waals surface area contributed by atoms with Crippen LogP contribution >= 0.6 is 11.8 Å². The summed E-state index contributed by atoms with van der Waals surface area (Å²) in [5.74, 6) is 0.184. The van der Waals surface area contributed by atoms with Gasteiger partial charge < -0.3 is 24.5 Å². The molecule has 1 saturated heterocycles. The van der Waals surface area contributed by atoms with Gasteiger partial charge in [-0.3, -0.25) is 4.79 Å². The van der Waals surface area contributed by atoms with Gasteiger partial charge in [0.2, 0.25) is 15.9 Å². The van der Waals surface area contributed by atoms with Crippen LogP contribution < -0.4 is 10.0 Å². The van der Waals surface area contributed by atoms with E-state index in [4.69, 9.17) is 9.47 Å². The number of aryl methyl sites for hydroxylation is 2. The SMILES string of the molecule is Cc1ccc(S(=O)(=O)N[C@H](Cc2ccccc2)C(=O)Nc2ccc([C@@H]3O[C@H](CSc4nccn4C)[C@H](C)[C@H](c4ccc(CO)cc4)O3)cc2)cc1. The van der Waals surface area contributed by atoms with Gasteiger partial charge in [0.25, 0.3) is 0 Å². The van der Waals surface area contributed by atoms with Crippen LogP contribution in [0.1, 0.15) is 47.1 Å². The predicted octanol–water partition coefficient (Wildman–Crippen LogP) is 6.33. The number of carbonyl (C=O) groups excluding carboxylic acids is 1. The molecule has 0 bridgehead atoms. The van der Waals surface area contributed by atoms with E-state index in [0.29, 0.717) is 11.4 Å². The van der Waals surface area contributed by atoms with Crippen LogP contribution in [-0.2, 0) is 44.4 Å². The molecule has 2 heterocycles. The van der Waals surface area contributed by atoms with Crippen molar-refractivity contribution in [3.8, 4) is 0 Å². The number of hydrogen-bond acceptors (Lipinski definition) is 8. The minimum Gasteiger partial charge on any atom is -0.392 e. The van der Waals surface area contributed by atoms with Gasteiger partial charge in [0.1, 0.15) is 6.04 Å². The summed E-state index contributed by atoms with van der Waals surface area (Å²) in [5.41, 5.74) is 4.82. The Bertz CT molecular complexity index is 2000. The van der Waals surface area contributed by atoms with E-state index in [0.717, 1.165) is 33.0 Å². The Kier molecular flexibility index (Phi) is 11.7. The smallest absolute Gasteiger partial charge is 0.242 e. The Balaban J connectivity index is 1.19. The molecule has 0 radical (unpaired) electrons. The summed E-state index contributed by atoms with van der Waals surface area (Å²) >= 11 is 1.62. The molecule has 0 unspecified atom stereocenters. The van der Waals surface area contributed by atoms with Crippen molar-refractivity contribution in [2.24, 2.45) is 13.0 Å². The molecular weight excluding hydrogens is 685 g/mol. The third-order valence-corrected chi connectivity index (χ3v) is 11.6. The second kappa shape index (κ2) is 16.4. The number of anilines is 1. The first kappa shape index (κ1) is 36.5. The predicted molar refractivity (Wildman–Crippen MR) is 197 cm³/mol. The Morgan fingerprint density at radius 2 is 1.61 bits per heavy atom. The monoisotopic (exact) mass is 726 g/mol. The van der Waals surface area contributed by atoms with Gasteiger partial charge in [-0.05, 0) is 54.3 Å². The minimum atomic E-state index is -3.98. The van der Waals surface area contributed by atoms with E-state index >= 15 is 0 Å². The normalized spacial score (nSPS) is 19.8. The molecule has 1 aromatic heterocycles. The number of hydrogen-bond donors (Lipinski definition) is 3. The second-order valence-electron chi connectivity index (χ2n) is 12.7. The van der Waals surface area contributed by atoms with Crippen molar-refractivity contribution in [1.29, 1.82) is 0 Å². The molecule has 0 aliphatic carbocycles. The summed E-state index contributed by atoms with van der Waals surface area (Å²) < 4.78 is 44.4. The van der Waals surface area contributed by atoms with Gasteiger partial charge in [0.05, 0.1) is 23.7 Å². The number of aromatic nitrogens is 2. The fourth-order valence-electron chi connectivity index (χ4n) is 5.92. The van der Waals surface area contributed by atoms with Crippen LogP contribution in [0.5, 0.6) is 0 Å². The molecule has 1 fully saturated rings. The maximum Gasteiger partial charge on any atom is 0.242 e. The molecule has 5 aromatic rings. The highest BCUT2D eigenvalue weighted by Crippen LogP contribution is 2.43. The Hall–Kier alpha value is -4.30. The van der Waals surface area contributed by atoms with Crippen molar-refractivity contribution in [1.82, 2.24) is 14.3 Å². The van der Waals surface area contributed by atoms with E-state index in [9.17, 15) is 18.3 Å². The lowest BCUT2D eigenvalue weighted by molar-refractivity contribution is -0.268. The average Bonchev–Trinajstić information content (AvgIpc) is 3.56. The molecule has 3 N–H and O–H groups in total. The molecular formula is C39H42N4O6S2. The largest absolute Gasteiger partial charge is 0.392 e. The van der Waals surface area contributed by atoms with E-state index in [-0.39, 0.29) is 36.0 Å². The number of carbonyl (C=O) groups is 1. The van der Waals surface area contributed by atoms with E-state index in [1.165, 1.54) is 12.1 Å². The highest BCUT2D eigenvalue weighted by atomic mass is 32.2. The van der Waals surface area contributed by atoms with Gasteiger partial charge in [-0.1, -0.05) is 103 Å². The van der Waals surface area contributed by atoms with Gasteiger partial charge in [-0.15, -0.1) is 0 Å². The second-order valence-corrected chi connectivity index (χ2v) is 15.4. The number of sulfonamides is 1. The minimum absolute atomic E-state index is 0.0118. The number of nitrogens with one attached hydrogen (secondary N) is 2. The number of amides is 1. The Labute approximate surface area is 303 Å². The third-order valence-electron chi connectivity index (χ3n) is 8.96. The number of aliphatic hydroxyl groups excluding tert-OH is 1. The van der Waals surface area contributed by atoms with Gasteiger partial charge in [-0.2, -0.15) is 4.72 Å². The van der Waals surface area contributed by atoms with Crippen LogP contribution in [0.2, 0.25) is 0 Å². The summed E-state index contributed by atoms with van der Waals surface area (Å²) in [6.45, 7) is 3.96. The van der Waals surface area contributed by atoms with Crippen molar-refractivity contribution in [3.63, 3.8) is 0 Å². The van der Waals surface area contributed by atoms with Crippen LogP contribution in [-0.4, -0.2) is 46.9 Å². The molecule has 4 aromatic carbocycles. The molecule has 266 valence electrons. The number of benzene rings is 4. The topological polar surface area (TPSA) is 132 Å². The molecule has 1 aliphatic heterocycles. The molecule has 1 aliphatic rings. The molecule has 5 atom stereocenters. The number of nitrogens with zero attached hydrogens (tertiary/aromatic N) is 2. The molecule has 1 amide bonds. The fraction of sp³-hybridized carbons (Fsp3) is 0.282. The zero-order chi connectivity index (χ0) is 36.0. The number of aliphatic hydroxyl groups is 1. The molecule has 10 nitrogen and oxygen atoms in total. The molecule has 6 rings (SSSR count). The van der Waals surface area contributed by atoms with E-state index in [2.05, 4.69) is 21.9 Å². The maximum atomic E-state index is 13.7. The van der Waals surface area contributed by atoms with Gasteiger partial charge in [0, 0.05) is 42.4 Å². The Morgan fingerprint density at radius 3 is 2.25 bits per heavy atom. The summed E-state index contributed by atoms with van der Waals surface area (Å²) in [4.78, 5) is 18.2. The van der Waals surface area contributed by atoms with Crippen molar-refractivity contribution in [3.05, 3.63) is 143 Å². The lowest BCUT2D eigenvalue weighted by Gasteiger charge is -2.41. The van der Waals surface area contributed by atoms with Crippen LogP contribution in [0.4, 0.5) is 5.69 Å². The van der Waals surface area contributed by atoms with Gasteiger partial charge in [-0.25, -0.2) is 13.4 Å². The number of thioether (sulfide) groups is 1. The zero-order valence-corrected chi connectivity index (χ0v) is 30.3. The first-order chi connectivity index (χ1) is 24.6. The first-order valence-electron chi connectivity index (χ1n) is 16.7. The van der Waals surface area contributed by atoms with Crippen molar-refractivity contribution < 1.29 is 27.8 Å². The molecule has 0 saturated carbocycles. The quantitative estimate of drug-likeness (QED) is 0.120. The van der Waals surface area contributed by atoms with Crippen LogP contribution in [0, 0.1) is 12.8 Å². The number of imidazole rings is 1. The van der Waals surface area contributed by atoms with E-state index < -0.39 is 28.3 Å². The fourth-order valence-corrected chi connectivity index (χ4v) is 8.21. The van der Waals surface area contributed by atoms with Crippen molar-refractivity contribution >= 4 is 33.4 Å². The Morgan fingerprint density at radius 1 is 0.922 bits per heavy atom. The number of rotatable bonds is 13. The van der Waals surface area contributed by atoms with E-state index in [1.54, 1.807) is 42.2 Å². The van der Waals surface area contributed by atoms with Gasteiger partial charge >= 0.3 is 0 Å². The van der Waals surface area contributed by atoms with Gasteiger partial charge in [0.15, 0.2) is 11.4 Å². The summed E-state index contributed by atoms with van der Waals surface area (Å²) in [6, 6.07) is 29.7. The molecule has 0 spiro atoms. The highest BCUT2D eigenvalue weighted by molar-refractivity contribution is 7.99. The maximum absolute atomic E-state index is 13.7.